The third kappa shape index (κ3) is 2.71. The Balaban J connectivity index is 2.42. The summed E-state index contributed by atoms with van der Waals surface area (Å²) in [5, 5.41) is 10.2. The highest BCUT2D eigenvalue weighted by molar-refractivity contribution is 6.20. The number of phenolic OH excluding ortho intramolecular Hbond substituents is 1. The highest BCUT2D eigenvalue weighted by Gasteiger charge is 2.08. The van der Waals surface area contributed by atoms with Crippen molar-refractivity contribution in [3.05, 3.63) is 34.7 Å². The Morgan fingerprint density at radius 2 is 2.24 bits per heavy atom. The summed E-state index contributed by atoms with van der Waals surface area (Å²) in [6, 6.07) is 5.83. The second-order valence-electron chi connectivity index (χ2n) is 3.70. The molecular weight excluding hydrogens is 244 g/mol. The summed E-state index contributed by atoms with van der Waals surface area (Å²) in [6.07, 6.45) is 0. The molecule has 0 aliphatic rings. The standard InChI is InChI=1S/C12H11ClO4/c1-7(13)6-16-11-5-10-8(4-9(11)14)2-3-12(15)17-10/h2-5,7,14H,6H2,1H3. The number of fused-ring (bicyclic) bond motifs is 1. The molecule has 0 saturated carbocycles. The van der Waals surface area contributed by atoms with Crippen molar-refractivity contribution in [2.45, 2.75) is 12.3 Å². The molecule has 2 aromatic rings. The summed E-state index contributed by atoms with van der Waals surface area (Å²) in [5.41, 5.74) is -0.0765. The first-order valence-electron chi connectivity index (χ1n) is 5.10. The predicted octanol–water partition coefficient (Wildman–Crippen LogP) is 2.50. The summed E-state index contributed by atoms with van der Waals surface area (Å²) in [7, 11) is 0. The third-order valence-corrected chi connectivity index (χ3v) is 2.30. The van der Waals surface area contributed by atoms with E-state index < -0.39 is 5.63 Å². The van der Waals surface area contributed by atoms with Crippen LogP contribution in [0.4, 0.5) is 0 Å². The van der Waals surface area contributed by atoms with E-state index in [0.29, 0.717) is 11.0 Å². The minimum Gasteiger partial charge on any atom is -0.504 e. The number of rotatable bonds is 3. The number of halogens is 1. The van der Waals surface area contributed by atoms with Gasteiger partial charge in [-0.3, -0.25) is 0 Å². The van der Waals surface area contributed by atoms with Crippen LogP contribution in [0.1, 0.15) is 6.92 Å². The molecule has 1 atom stereocenters. The van der Waals surface area contributed by atoms with Gasteiger partial charge in [0, 0.05) is 17.5 Å². The molecule has 1 heterocycles. The average Bonchev–Trinajstić information content (AvgIpc) is 2.26. The quantitative estimate of drug-likeness (QED) is 0.675. The van der Waals surface area contributed by atoms with Crippen LogP contribution in [0.2, 0.25) is 0 Å². The van der Waals surface area contributed by atoms with E-state index in [-0.39, 0.29) is 23.5 Å². The van der Waals surface area contributed by atoms with Gasteiger partial charge in [-0.25, -0.2) is 4.79 Å². The van der Waals surface area contributed by atoms with Gasteiger partial charge in [0.2, 0.25) is 0 Å². The largest absolute Gasteiger partial charge is 0.504 e. The summed E-state index contributed by atoms with van der Waals surface area (Å²) in [4.78, 5) is 11.1. The van der Waals surface area contributed by atoms with Crippen LogP contribution in [0, 0.1) is 0 Å². The number of alkyl halides is 1. The van der Waals surface area contributed by atoms with Crippen molar-refractivity contribution in [2.75, 3.05) is 6.61 Å². The Bertz CT molecular complexity index is 589. The minimum atomic E-state index is -0.445. The van der Waals surface area contributed by atoms with Crippen molar-refractivity contribution in [1.29, 1.82) is 0 Å². The van der Waals surface area contributed by atoms with Crippen molar-refractivity contribution in [2.24, 2.45) is 0 Å². The Hall–Kier alpha value is -1.68. The van der Waals surface area contributed by atoms with Crippen LogP contribution in [-0.2, 0) is 0 Å². The third-order valence-electron chi connectivity index (χ3n) is 2.17. The van der Waals surface area contributed by atoms with Crippen LogP contribution >= 0.6 is 11.6 Å². The van der Waals surface area contributed by atoms with Crippen molar-refractivity contribution in [3.8, 4) is 11.5 Å². The topological polar surface area (TPSA) is 59.7 Å². The van der Waals surface area contributed by atoms with Crippen molar-refractivity contribution < 1.29 is 14.3 Å². The lowest BCUT2D eigenvalue weighted by atomic mass is 10.2. The monoisotopic (exact) mass is 254 g/mol. The minimum absolute atomic E-state index is 0.0105. The number of benzene rings is 1. The molecule has 0 saturated heterocycles. The number of hydrogen-bond donors (Lipinski definition) is 1. The first kappa shape index (κ1) is 11.8. The molecular formula is C12H11ClO4. The van der Waals surface area contributed by atoms with Crippen LogP contribution in [0.3, 0.4) is 0 Å². The molecule has 1 aromatic heterocycles. The number of hydrogen-bond acceptors (Lipinski definition) is 4. The van der Waals surface area contributed by atoms with Gasteiger partial charge in [0.25, 0.3) is 0 Å². The summed E-state index contributed by atoms with van der Waals surface area (Å²) < 4.78 is 10.3. The highest BCUT2D eigenvalue weighted by Crippen LogP contribution is 2.30. The molecule has 0 fully saturated rings. The molecule has 0 radical (unpaired) electrons. The van der Waals surface area contributed by atoms with Gasteiger partial charge < -0.3 is 14.3 Å². The smallest absolute Gasteiger partial charge is 0.336 e. The van der Waals surface area contributed by atoms with Gasteiger partial charge in [0.05, 0.1) is 5.38 Å². The molecule has 0 spiro atoms. The second-order valence-corrected chi connectivity index (χ2v) is 4.45. The lowest BCUT2D eigenvalue weighted by Gasteiger charge is -2.09. The molecule has 5 heteroatoms. The Morgan fingerprint density at radius 1 is 1.47 bits per heavy atom. The van der Waals surface area contributed by atoms with Crippen LogP contribution in [-0.4, -0.2) is 17.1 Å². The van der Waals surface area contributed by atoms with E-state index in [2.05, 4.69) is 0 Å². The molecule has 90 valence electrons. The fraction of sp³-hybridized carbons (Fsp3) is 0.250. The van der Waals surface area contributed by atoms with E-state index in [1.165, 1.54) is 18.2 Å². The molecule has 17 heavy (non-hydrogen) atoms. The zero-order valence-corrected chi connectivity index (χ0v) is 9.90. The van der Waals surface area contributed by atoms with Crippen LogP contribution in [0.25, 0.3) is 11.0 Å². The van der Waals surface area contributed by atoms with Crippen LogP contribution in [0.15, 0.2) is 33.5 Å². The fourth-order valence-corrected chi connectivity index (χ4v) is 1.47. The maximum absolute atomic E-state index is 11.1. The van der Waals surface area contributed by atoms with E-state index in [1.807, 2.05) is 0 Å². The van der Waals surface area contributed by atoms with Crippen molar-refractivity contribution in [3.63, 3.8) is 0 Å². The Kier molecular flexibility index (Phi) is 3.24. The van der Waals surface area contributed by atoms with Gasteiger partial charge >= 0.3 is 5.63 Å². The molecule has 0 amide bonds. The van der Waals surface area contributed by atoms with Gasteiger partial charge in [-0.05, 0) is 19.1 Å². The van der Waals surface area contributed by atoms with E-state index in [1.54, 1.807) is 13.0 Å². The lowest BCUT2D eigenvalue weighted by molar-refractivity contribution is 0.302. The number of phenols is 1. The predicted molar refractivity (Wildman–Crippen MR) is 65.0 cm³/mol. The zero-order chi connectivity index (χ0) is 12.4. The first-order chi connectivity index (χ1) is 8.06. The van der Waals surface area contributed by atoms with Crippen LogP contribution in [0.5, 0.6) is 11.5 Å². The van der Waals surface area contributed by atoms with Gasteiger partial charge in [-0.15, -0.1) is 11.6 Å². The zero-order valence-electron chi connectivity index (χ0n) is 9.14. The fourth-order valence-electron chi connectivity index (χ4n) is 1.40. The van der Waals surface area contributed by atoms with Crippen molar-refractivity contribution in [1.82, 2.24) is 0 Å². The Labute approximate surface area is 102 Å². The van der Waals surface area contributed by atoms with Gasteiger partial charge in [0.15, 0.2) is 11.5 Å². The first-order valence-corrected chi connectivity index (χ1v) is 5.53. The molecule has 0 aliphatic heterocycles. The van der Waals surface area contributed by atoms with Crippen LogP contribution < -0.4 is 10.4 Å². The normalized spacial score (nSPS) is 12.6. The number of aromatic hydroxyl groups is 1. The van der Waals surface area contributed by atoms with Gasteiger partial charge in [-0.2, -0.15) is 0 Å². The maximum Gasteiger partial charge on any atom is 0.336 e. The summed E-state index contributed by atoms with van der Waals surface area (Å²) in [6.45, 7) is 2.04. The molecule has 1 N–H and O–H groups in total. The van der Waals surface area contributed by atoms with Crippen molar-refractivity contribution >= 4 is 22.6 Å². The summed E-state index contributed by atoms with van der Waals surface area (Å²) in [5.74, 6) is 0.239. The van der Waals surface area contributed by atoms with Gasteiger partial charge in [-0.1, -0.05) is 0 Å². The number of ether oxygens (including phenoxy) is 1. The second kappa shape index (κ2) is 4.67. The van der Waals surface area contributed by atoms with E-state index in [4.69, 9.17) is 20.8 Å². The summed E-state index contributed by atoms with van der Waals surface area (Å²) >= 11 is 5.74. The molecule has 0 aliphatic carbocycles. The molecule has 4 nitrogen and oxygen atoms in total. The lowest BCUT2D eigenvalue weighted by Crippen LogP contribution is -2.07. The average molecular weight is 255 g/mol. The van der Waals surface area contributed by atoms with Gasteiger partial charge in [0.1, 0.15) is 12.2 Å². The van der Waals surface area contributed by atoms with E-state index >= 15 is 0 Å². The highest BCUT2D eigenvalue weighted by atomic mass is 35.5. The Morgan fingerprint density at radius 3 is 2.94 bits per heavy atom. The molecule has 1 aromatic carbocycles. The maximum atomic E-state index is 11.1. The van der Waals surface area contributed by atoms with E-state index in [9.17, 15) is 9.90 Å². The molecule has 1 unspecified atom stereocenters. The molecule has 2 rings (SSSR count). The SMILES string of the molecule is CC(Cl)COc1cc2oc(=O)ccc2cc1O. The molecule has 0 bridgehead atoms. The van der Waals surface area contributed by atoms with E-state index in [0.717, 1.165) is 0 Å².